The summed E-state index contributed by atoms with van der Waals surface area (Å²) < 4.78 is 33.3. The van der Waals surface area contributed by atoms with Gasteiger partial charge in [-0.2, -0.15) is 0 Å². The van der Waals surface area contributed by atoms with Gasteiger partial charge >= 0.3 is 0 Å². The number of benzene rings is 2. The number of carbonyl (C=O) groups excluding carboxylic acids is 1. The second kappa shape index (κ2) is 12.1. The molecule has 3 aromatic heterocycles. The monoisotopic (exact) mass is 736 g/mol. The van der Waals surface area contributed by atoms with Crippen molar-refractivity contribution in [1.29, 1.82) is 0 Å². The van der Waals surface area contributed by atoms with Crippen LogP contribution in [0.5, 0.6) is 11.5 Å². The number of hydrogen-bond acceptors (Lipinski definition) is 10. The number of methoxy groups -OCH3 is 1. The Morgan fingerprint density at radius 3 is 2.87 bits per heavy atom. The highest BCUT2D eigenvalue weighted by Gasteiger charge is 2.46. The maximum atomic E-state index is 14.5. The lowest BCUT2D eigenvalue weighted by Gasteiger charge is -2.19. The van der Waals surface area contributed by atoms with Gasteiger partial charge in [-0.25, -0.2) is 9.37 Å². The summed E-state index contributed by atoms with van der Waals surface area (Å²) in [6, 6.07) is 13.1. The number of thiophene rings is 1. The SMILES string of the molecule is COc1c(F)ccc2c1CCC2Nc1nccc2cc(-c3c(C4=NNC(C)O4)c(CC4COc5cc(Cl)ccc54)nc4c3C(=O)N3CCCC43)sc12. The number of hydrazone groups is 1. The number of ether oxygens (including phenoxy) is 3. The van der Waals surface area contributed by atoms with Crippen LogP contribution in [0.1, 0.15) is 88.2 Å². The molecule has 2 N–H and O–H groups in total. The minimum absolute atomic E-state index is 0.00531. The number of halogens is 2. The fourth-order valence-corrected chi connectivity index (χ4v) is 10.0. The smallest absolute Gasteiger partial charge is 0.257 e. The van der Waals surface area contributed by atoms with Gasteiger partial charge in [0.2, 0.25) is 5.90 Å². The van der Waals surface area contributed by atoms with E-state index in [-0.39, 0.29) is 36.0 Å². The Bertz CT molecular complexity index is 2370. The third-order valence-electron chi connectivity index (χ3n) is 11.0. The minimum atomic E-state index is -0.352. The van der Waals surface area contributed by atoms with E-state index in [1.165, 1.54) is 13.2 Å². The molecule has 10 nitrogen and oxygen atoms in total. The first-order valence-electron chi connectivity index (χ1n) is 17.7. The largest absolute Gasteiger partial charge is 0.493 e. The number of hydrogen-bond donors (Lipinski definition) is 2. The zero-order valence-electron chi connectivity index (χ0n) is 28.5. The number of nitrogens with one attached hydrogen (secondary N) is 2. The summed E-state index contributed by atoms with van der Waals surface area (Å²) in [5.74, 6) is 1.91. The molecule has 7 heterocycles. The Hall–Kier alpha value is -4.94. The fraction of sp³-hybridized carbons (Fsp3) is 0.333. The van der Waals surface area contributed by atoms with Gasteiger partial charge in [0.15, 0.2) is 17.8 Å². The zero-order chi connectivity index (χ0) is 35.2. The van der Waals surface area contributed by atoms with Crippen LogP contribution in [0.2, 0.25) is 5.02 Å². The molecular formula is C39H34ClFN6O4S. The van der Waals surface area contributed by atoms with E-state index in [4.69, 9.17) is 35.8 Å². The molecule has 13 heteroatoms. The first kappa shape index (κ1) is 31.8. The molecule has 0 radical (unpaired) electrons. The second-order valence-corrected chi connectivity index (χ2v) is 15.5. The van der Waals surface area contributed by atoms with E-state index >= 15 is 0 Å². The van der Waals surface area contributed by atoms with Gasteiger partial charge in [0.25, 0.3) is 5.91 Å². The molecule has 5 aromatic rings. The molecule has 10 rings (SSSR count). The quantitative estimate of drug-likeness (QED) is 0.174. The first-order valence-corrected chi connectivity index (χ1v) is 18.9. The number of aromatic nitrogens is 2. The van der Waals surface area contributed by atoms with Gasteiger partial charge in [0.05, 0.1) is 53.0 Å². The summed E-state index contributed by atoms with van der Waals surface area (Å²) >= 11 is 7.90. The Kier molecular flexibility index (Phi) is 7.37. The third-order valence-corrected chi connectivity index (χ3v) is 12.4. The van der Waals surface area contributed by atoms with Crippen LogP contribution in [0, 0.1) is 5.82 Å². The molecule has 5 aliphatic rings. The number of carbonyl (C=O) groups is 1. The van der Waals surface area contributed by atoms with E-state index < -0.39 is 0 Å². The molecule has 4 aliphatic heterocycles. The van der Waals surface area contributed by atoms with E-state index in [0.29, 0.717) is 48.2 Å². The van der Waals surface area contributed by atoms with Crippen LogP contribution in [0.4, 0.5) is 10.2 Å². The van der Waals surface area contributed by atoms with Gasteiger partial charge < -0.3 is 24.4 Å². The Balaban J connectivity index is 1.13. The van der Waals surface area contributed by atoms with Crippen LogP contribution in [0.25, 0.3) is 20.5 Å². The highest BCUT2D eigenvalue weighted by atomic mass is 35.5. The van der Waals surface area contributed by atoms with Crippen LogP contribution >= 0.6 is 22.9 Å². The molecule has 2 aromatic carbocycles. The Morgan fingerprint density at radius 2 is 2.02 bits per heavy atom. The lowest BCUT2D eigenvalue weighted by Crippen LogP contribution is -2.23. The maximum absolute atomic E-state index is 14.5. The van der Waals surface area contributed by atoms with E-state index in [1.807, 2.05) is 42.2 Å². The summed E-state index contributed by atoms with van der Waals surface area (Å²) in [6.07, 6.45) is 5.31. The van der Waals surface area contributed by atoms with E-state index in [9.17, 15) is 9.18 Å². The number of amides is 1. The van der Waals surface area contributed by atoms with Crippen molar-refractivity contribution < 1.29 is 23.4 Å². The molecule has 0 bridgehead atoms. The Morgan fingerprint density at radius 1 is 1.13 bits per heavy atom. The molecule has 1 aliphatic carbocycles. The molecule has 4 atom stereocenters. The van der Waals surface area contributed by atoms with Crippen LogP contribution in [0.15, 0.2) is 53.8 Å². The van der Waals surface area contributed by atoms with Gasteiger partial charge in [0, 0.05) is 51.7 Å². The molecule has 52 heavy (non-hydrogen) atoms. The van der Waals surface area contributed by atoms with E-state index in [1.54, 1.807) is 17.5 Å². The van der Waals surface area contributed by atoms with Crippen LogP contribution < -0.4 is 20.2 Å². The van der Waals surface area contributed by atoms with E-state index in [0.717, 1.165) is 85.0 Å². The van der Waals surface area contributed by atoms with Crippen molar-refractivity contribution in [3.05, 3.63) is 98.7 Å². The number of rotatable bonds is 7. The molecule has 4 unspecified atom stereocenters. The predicted molar refractivity (Wildman–Crippen MR) is 197 cm³/mol. The van der Waals surface area contributed by atoms with Gasteiger partial charge in [-0.15, -0.1) is 16.4 Å². The van der Waals surface area contributed by atoms with Crippen molar-refractivity contribution in [2.45, 2.75) is 63.3 Å². The lowest BCUT2D eigenvalue weighted by molar-refractivity contribution is 0.0776. The Labute approximate surface area is 308 Å². The van der Waals surface area contributed by atoms with Gasteiger partial charge in [-0.1, -0.05) is 23.7 Å². The molecule has 1 amide bonds. The summed E-state index contributed by atoms with van der Waals surface area (Å²) in [7, 11) is 1.51. The molecule has 0 spiro atoms. The molecule has 264 valence electrons. The third kappa shape index (κ3) is 4.87. The van der Waals surface area contributed by atoms with Crippen molar-refractivity contribution >= 4 is 50.6 Å². The number of pyridine rings is 2. The second-order valence-electron chi connectivity index (χ2n) is 14.0. The zero-order valence-corrected chi connectivity index (χ0v) is 30.0. The van der Waals surface area contributed by atoms with Gasteiger partial charge in [-0.05, 0) is 73.9 Å². The first-order chi connectivity index (χ1) is 25.4. The van der Waals surface area contributed by atoms with Crippen molar-refractivity contribution in [2.75, 3.05) is 25.6 Å². The van der Waals surface area contributed by atoms with Gasteiger partial charge in [-0.3, -0.25) is 15.2 Å². The minimum Gasteiger partial charge on any atom is -0.493 e. The maximum Gasteiger partial charge on any atom is 0.257 e. The van der Waals surface area contributed by atoms with Gasteiger partial charge in [0.1, 0.15) is 11.6 Å². The van der Waals surface area contributed by atoms with Crippen molar-refractivity contribution in [1.82, 2.24) is 20.3 Å². The summed E-state index contributed by atoms with van der Waals surface area (Å²) in [6.45, 7) is 3.09. The van der Waals surface area contributed by atoms with Crippen LogP contribution in [-0.4, -0.2) is 53.2 Å². The number of nitrogens with zero attached hydrogens (tertiary/aromatic N) is 4. The average Bonchev–Trinajstić information content (AvgIpc) is 3.99. The van der Waals surface area contributed by atoms with Crippen molar-refractivity contribution in [3.8, 4) is 21.9 Å². The number of fused-ring (bicyclic) bond motifs is 6. The molecule has 1 fully saturated rings. The predicted octanol–water partition coefficient (Wildman–Crippen LogP) is 7.90. The van der Waals surface area contributed by atoms with Crippen molar-refractivity contribution in [3.63, 3.8) is 0 Å². The molecular weight excluding hydrogens is 703 g/mol. The summed E-state index contributed by atoms with van der Waals surface area (Å²) in [5.41, 5.74) is 9.82. The highest BCUT2D eigenvalue weighted by Crippen LogP contribution is 2.50. The highest BCUT2D eigenvalue weighted by molar-refractivity contribution is 7.22. The lowest BCUT2D eigenvalue weighted by atomic mass is 9.89. The van der Waals surface area contributed by atoms with E-state index in [2.05, 4.69) is 21.9 Å². The van der Waals surface area contributed by atoms with Crippen LogP contribution in [-0.2, 0) is 17.6 Å². The summed E-state index contributed by atoms with van der Waals surface area (Å²) in [4.78, 5) is 27.4. The molecule has 1 saturated heterocycles. The van der Waals surface area contributed by atoms with Crippen molar-refractivity contribution in [2.24, 2.45) is 5.10 Å². The topological polar surface area (TPSA) is 110 Å². The van der Waals surface area contributed by atoms with Crippen LogP contribution in [0.3, 0.4) is 0 Å². The normalized spacial score (nSPS) is 22.4. The molecule has 0 saturated carbocycles. The average molecular weight is 737 g/mol. The standard InChI is InChI=1S/C39H34ClFN6O4S/c1-18-45-46-38(51-18)31-27(14-20-17-50-29-16-21(40)5-6-22(20)29)43-34-28-4-3-13-47(28)39(48)33(34)32(31)30-15-19-11-12-42-37(36(19)52-30)44-26-10-8-24-23(26)7-9-25(41)35(24)49-2/h5-7,9,11-12,15-16,18,20,26,28,45H,3-4,8,10,13-14,17H2,1-2H3,(H,42,44). The summed E-state index contributed by atoms with van der Waals surface area (Å²) in [5, 5.41) is 9.93. The number of anilines is 1. The fourth-order valence-electron chi connectivity index (χ4n) is 8.68.